The van der Waals surface area contributed by atoms with Gasteiger partial charge in [-0.3, -0.25) is 0 Å². The van der Waals surface area contributed by atoms with Crippen molar-refractivity contribution in [3.05, 3.63) is 59.2 Å². The zero-order valence-electron chi connectivity index (χ0n) is 12.6. The van der Waals surface area contributed by atoms with Gasteiger partial charge in [-0.2, -0.15) is 5.26 Å². The maximum absolute atomic E-state index is 9.04. The van der Waals surface area contributed by atoms with Crippen LogP contribution in [0.1, 0.15) is 30.0 Å². The average molecular weight is 279 g/mol. The Hall–Kier alpha value is -2.47. The number of hydrogen-bond acceptors (Lipinski definition) is 3. The molecule has 0 aliphatic rings. The molecule has 0 aliphatic heterocycles. The zero-order valence-corrected chi connectivity index (χ0v) is 12.6. The third kappa shape index (κ3) is 3.76. The minimum atomic E-state index is 0.739. The van der Waals surface area contributed by atoms with Gasteiger partial charge in [0.25, 0.3) is 0 Å². The Balaban J connectivity index is 2.24. The third-order valence-electron chi connectivity index (χ3n) is 3.54. The van der Waals surface area contributed by atoms with E-state index in [-0.39, 0.29) is 0 Å². The Bertz CT molecular complexity index is 639. The molecule has 0 saturated carbocycles. The molecule has 3 heteroatoms. The van der Waals surface area contributed by atoms with Gasteiger partial charge in [-0.1, -0.05) is 19.1 Å². The monoisotopic (exact) mass is 279 g/mol. The van der Waals surface area contributed by atoms with Crippen molar-refractivity contribution < 1.29 is 0 Å². The Morgan fingerprint density at radius 1 is 1.14 bits per heavy atom. The molecule has 2 aromatic carbocycles. The number of nitrogens with two attached hydrogens (primary N) is 1. The van der Waals surface area contributed by atoms with E-state index in [1.807, 2.05) is 31.2 Å². The van der Waals surface area contributed by atoms with Crippen molar-refractivity contribution in [2.75, 3.05) is 17.2 Å². The van der Waals surface area contributed by atoms with Crippen LogP contribution in [-0.4, -0.2) is 6.54 Å². The van der Waals surface area contributed by atoms with E-state index >= 15 is 0 Å². The molecule has 2 rings (SSSR count). The Kier molecular flexibility index (Phi) is 4.84. The zero-order chi connectivity index (χ0) is 15.2. The van der Waals surface area contributed by atoms with Gasteiger partial charge in [0.05, 0.1) is 11.6 Å². The molecule has 2 N–H and O–H groups in total. The molecule has 0 bridgehead atoms. The van der Waals surface area contributed by atoms with E-state index in [4.69, 9.17) is 11.0 Å². The molecule has 2 aromatic rings. The molecule has 3 nitrogen and oxygen atoms in total. The molecule has 108 valence electrons. The minimum Gasteiger partial charge on any atom is -0.399 e. The standard InChI is InChI=1S/C18H21N3/c1-3-10-21(13-15-4-7-17(20)8-5-15)18-9-6-16(12-19)14(2)11-18/h4-9,11H,3,10,13,20H2,1-2H3. The maximum Gasteiger partial charge on any atom is 0.0994 e. The first kappa shape index (κ1) is 14.9. The molecule has 0 aromatic heterocycles. The Morgan fingerprint density at radius 3 is 2.43 bits per heavy atom. The number of benzene rings is 2. The van der Waals surface area contributed by atoms with Crippen molar-refractivity contribution in [2.24, 2.45) is 0 Å². The fourth-order valence-corrected chi connectivity index (χ4v) is 2.38. The topological polar surface area (TPSA) is 53.0 Å². The average Bonchev–Trinajstić information content (AvgIpc) is 2.49. The number of hydrogen-bond donors (Lipinski definition) is 1. The second-order valence-electron chi connectivity index (χ2n) is 5.27. The summed E-state index contributed by atoms with van der Waals surface area (Å²) in [5, 5.41) is 9.04. The highest BCUT2D eigenvalue weighted by atomic mass is 15.1. The minimum absolute atomic E-state index is 0.739. The highest BCUT2D eigenvalue weighted by molar-refractivity contribution is 5.54. The Morgan fingerprint density at radius 2 is 1.86 bits per heavy atom. The lowest BCUT2D eigenvalue weighted by atomic mass is 10.1. The van der Waals surface area contributed by atoms with Gasteiger partial charge in [-0.25, -0.2) is 0 Å². The summed E-state index contributed by atoms with van der Waals surface area (Å²) in [5.41, 5.74) is 10.7. The van der Waals surface area contributed by atoms with Crippen LogP contribution in [0.5, 0.6) is 0 Å². The van der Waals surface area contributed by atoms with Crippen molar-refractivity contribution in [3.63, 3.8) is 0 Å². The predicted molar refractivity (Wildman–Crippen MR) is 88.1 cm³/mol. The number of nitrogens with zero attached hydrogens (tertiary/aromatic N) is 2. The number of nitriles is 1. The molecule has 0 saturated heterocycles. The summed E-state index contributed by atoms with van der Waals surface area (Å²) in [7, 11) is 0. The summed E-state index contributed by atoms with van der Waals surface area (Å²) >= 11 is 0. The van der Waals surface area contributed by atoms with Crippen LogP contribution in [0, 0.1) is 18.3 Å². The van der Waals surface area contributed by atoms with Crippen LogP contribution in [0.25, 0.3) is 0 Å². The van der Waals surface area contributed by atoms with E-state index in [2.05, 4.69) is 36.1 Å². The molecule has 0 fully saturated rings. The second kappa shape index (κ2) is 6.81. The molecular weight excluding hydrogens is 258 g/mol. The van der Waals surface area contributed by atoms with Crippen molar-refractivity contribution in [2.45, 2.75) is 26.8 Å². The van der Waals surface area contributed by atoms with Gasteiger partial charge in [0.1, 0.15) is 0 Å². The summed E-state index contributed by atoms with van der Waals surface area (Å²) in [6.07, 6.45) is 1.08. The molecule has 0 aliphatic carbocycles. The number of nitrogen functional groups attached to an aromatic ring is 1. The molecule has 21 heavy (non-hydrogen) atoms. The van der Waals surface area contributed by atoms with Crippen LogP contribution < -0.4 is 10.6 Å². The van der Waals surface area contributed by atoms with Crippen molar-refractivity contribution in [1.29, 1.82) is 5.26 Å². The summed E-state index contributed by atoms with van der Waals surface area (Å²) in [6, 6.07) is 16.2. The quantitative estimate of drug-likeness (QED) is 0.845. The third-order valence-corrected chi connectivity index (χ3v) is 3.54. The van der Waals surface area contributed by atoms with Crippen LogP contribution >= 0.6 is 0 Å². The van der Waals surface area contributed by atoms with Crippen LogP contribution in [-0.2, 0) is 6.54 Å². The van der Waals surface area contributed by atoms with Crippen LogP contribution in [0.2, 0.25) is 0 Å². The maximum atomic E-state index is 9.04. The lowest BCUT2D eigenvalue weighted by molar-refractivity contribution is 0.767. The van der Waals surface area contributed by atoms with Gasteiger partial charge in [-0.05, 0) is 54.8 Å². The van der Waals surface area contributed by atoms with Crippen molar-refractivity contribution in [3.8, 4) is 6.07 Å². The first-order valence-corrected chi connectivity index (χ1v) is 7.24. The van der Waals surface area contributed by atoms with Gasteiger partial charge >= 0.3 is 0 Å². The van der Waals surface area contributed by atoms with Crippen LogP contribution in [0.3, 0.4) is 0 Å². The Labute approximate surface area is 126 Å². The van der Waals surface area contributed by atoms with Crippen LogP contribution in [0.15, 0.2) is 42.5 Å². The predicted octanol–water partition coefficient (Wildman–Crippen LogP) is 3.87. The number of rotatable bonds is 5. The lowest BCUT2D eigenvalue weighted by Crippen LogP contribution is -2.23. The normalized spacial score (nSPS) is 10.1. The first-order chi connectivity index (χ1) is 10.1. The van der Waals surface area contributed by atoms with Crippen molar-refractivity contribution in [1.82, 2.24) is 0 Å². The second-order valence-corrected chi connectivity index (χ2v) is 5.27. The smallest absolute Gasteiger partial charge is 0.0994 e. The number of anilines is 2. The van der Waals surface area contributed by atoms with E-state index in [0.29, 0.717) is 0 Å². The van der Waals surface area contributed by atoms with Gasteiger partial charge in [-0.15, -0.1) is 0 Å². The van der Waals surface area contributed by atoms with E-state index < -0.39 is 0 Å². The highest BCUT2D eigenvalue weighted by Crippen LogP contribution is 2.21. The molecule has 0 unspecified atom stereocenters. The fraction of sp³-hybridized carbons (Fsp3) is 0.278. The molecule has 0 atom stereocenters. The summed E-state index contributed by atoms with van der Waals surface area (Å²) in [5.74, 6) is 0. The SMILES string of the molecule is CCCN(Cc1ccc(N)cc1)c1ccc(C#N)c(C)c1. The van der Waals surface area contributed by atoms with Gasteiger partial charge in [0, 0.05) is 24.5 Å². The molecule has 0 radical (unpaired) electrons. The first-order valence-electron chi connectivity index (χ1n) is 7.24. The summed E-state index contributed by atoms with van der Waals surface area (Å²) < 4.78 is 0. The van der Waals surface area contributed by atoms with Crippen LogP contribution in [0.4, 0.5) is 11.4 Å². The van der Waals surface area contributed by atoms with Gasteiger partial charge in [0.2, 0.25) is 0 Å². The van der Waals surface area contributed by atoms with Crippen molar-refractivity contribution >= 4 is 11.4 Å². The summed E-state index contributed by atoms with van der Waals surface area (Å²) in [4.78, 5) is 2.33. The fourth-order valence-electron chi connectivity index (χ4n) is 2.38. The molecule has 0 amide bonds. The largest absolute Gasteiger partial charge is 0.399 e. The van der Waals surface area contributed by atoms with E-state index in [9.17, 15) is 0 Å². The summed E-state index contributed by atoms with van der Waals surface area (Å²) in [6.45, 7) is 5.98. The molecule has 0 spiro atoms. The molecular formula is C18H21N3. The highest BCUT2D eigenvalue weighted by Gasteiger charge is 2.08. The lowest BCUT2D eigenvalue weighted by Gasteiger charge is -2.25. The number of aryl methyl sites for hydroxylation is 1. The van der Waals surface area contributed by atoms with E-state index in [0.717, 1.165) is 42.0 Å². The van der Waals surface area contributed by atoms with E-state index in [1.54, 1.807) is 0 Å². The molecule has 0 heterocycles. The van der Waals surface area contributed by atoms with E-state index in [1.165, 1.54) is 5.56 Å². The van der Waals surface area contributed by atoms with Gasteiger partial charge in [0.15, 0.2) is 0 Å². The van der Waals surface area contributed by atoms with Gasteiger partial charge < -0.3 is 10.6 Å².